The van der Waals surface area contributed by atoms with Crippen LogP contribution in [-0.4, -0.2) is 15.6 Å². The van der Waals surface area contributed by atoms with Crippen molar-refractivity contribution in [2.75, 3.05) is 0 Å². The van der Waals surface area contributed by atoms with Crippen LogP contribution in [0.2, 0.25) is 0 Å². The fourth-order valence-electron chi connectivity index (χ4n) is 2.24. The second-order valence-electron chi connectivity index (χ2n) is 5.24. The molecular weight excluding hydrogens is 236 g/mol. The third-order valence-electron chi connectivity index (χ3n) is 3.52. The highest BCUT2D eigenvalue weighted by molar-refractivity contribution is 5.95. The molecule has 0 saturated carbocycles. The molecule has 0 atom stereocenters. The van der Waals surface area contributed by atoms with Crippen molar-refractivity contribution in [2.24, 2.45) is 0 Å². The molecule has 3 nitrogen and oxygen atoms in total. The van der Waals surface area contributed by atoms with Gasteiger partial charge in [0.15, 0.2) is 5.78 Å². The van der Waals surface area contributed by atoms with E-state index < -0.39 is 0 Å². The summed E-state index contributed by atoms with van der Waals surface area (Å²) in [6.45, 7) is 5.08. The Morgan fingerprint density at radius 1 is 1.05 bits per heavy atom. The smallest absolute Gasteiger partial charge is 0.165 e. The maximum absolute atomic E-state index is 11.5. The van der Waals surface area contributed by atoms with Crippen molar-refractivity contribution in [2.45, 2.75) is 78.2 Å². The second kappa shape index (κ2) is 9.76. The Balaban J connectivity index is 2.06. The van der Waals surface area contributed by atoms with Crippen LogP contribution >= 0.6 is 0 Å². The minimum atomic E-state index is 0.183. The quantitative estimate of drug-likeness (QED) is 0.432. The van der Waals surface area contributed by atoms with E-state index in [1.54, 1.807) is 6.20 Å². The highest BCUT2D eigenvalue weighted by atomic mass is 16.1. The van der Waals surface area contributed by atoms with Gasteiger partial charge in [0.25, 0.3) is 0 Å². The monoisotopic (exact) mass is 264 g/mol. The molecule has 0 spiro atoms. The summed E-state index contributed by atoms with van der Waals surface area (Å²) in [4.78, 5) is 11.5. The zero-order chi connectivity index (χ0) is 13.9. The summed E-state index contributed by atoms with van der Waals surface area (Å²) in [5.74, 6) is 0.183. The molecule has 0 saturated heterocycles. The summed E-state index contributed by atoms with van der Waals surface area (Å²) >= 11 is 0. The summed E-state index contributed by atoms with van der Waals surface area (Å²) in [6, 6.07) is 0. The third-order valence-corrected chi connectivity index (χ3v) is 3.52. The van der Waals surface area contributed by atoms with Gasteiger partial charge in [-0.15, -0.1) is 0 Å². The van der Waals surface area contributed by atoms with E-state index in [-0.39, 0.29) is 5.78 Å². The largest absolute Gasteiger partial charge is 0.294 e. The van der Waals surface area contributed by atoms with Crippen LogP contribution in [0.5, 0.6) is 0 Å². The normalized spacial score (nSPS) is 10.8. The van der Waals surface area contributed by atoms with Gasteiger partial charge in [-0.3, -0.25) is 9.48 Å². The van der Waals surface area contributed by atoms with Crippen LogP contribution in [-0.2, 0) is 6.54 Å². The Bertz CT molecular complexity index is 357. The molecule has 0 aromatic carbocycles. The molecule has 1 aromatic heterocycles. The second-order valence-corrected chi connectivity index (χ2v) is 5.24. The first kappa shape index (κ1) is 15.9. The Morgan fingerprint density at radius 2 is 1.68 bits per heavy atom. The number of carbonyl (C=O) groups is 1. The molecule has 1 aromatic rings. The highest BCUT2D eigenvalue weighted by Gasteiger charge is 2.05. The lowest BCUT2D eigenvalue weighted by atomic mass is 10.1. The molecule has 1 heterocycles. The molecular formula is C16H28N2O. The molecule has 0 radical (unpaired) electrons. The lowest BCUT2D eigenvalue weighted by Gasteiger charge is -2.02. The number of rotatable bonds is 11. The van der Waals surface area contributed by atoms with Gasteiger partial charge in [-0.1, -0.05) is 58.8 Å². The fourth-order valence-corrected chi connectivity index (χ4v) is 2.24. The number of unbranched alkanes of at least 4 members (excludes halogenated alkanes) is 7. The predicted octanol–water partition coefficient (Wildman–Crippen LogP) is 4.62. The van der Waals surface area contributed by atoms with Crippen molar-refractivity contribution in [3.8, 4) is 0 Å². The number of aryl methyl sites for hydroxylation is 1. The SMILES string of the molecule is CCCCCCCCCCn1cc(C(=O)CC)cn1. The molecule has 108 valence electrons. The van der Waals surface area contributed by atoms with Crippen LogP contribution in [0.15, 0.2) is 12.4 Å². The van der Waals surface area contributed by atoms with Crippen LogP contribution < -0.4 is 0 Å². The maximum Gasteiger partial charge on any atom is 0.165 e. The van der Waals surface area contributed by atoms with Gasteiger partial charge >= 0.3 is 0 Å². The molecule has 0 aliphatic carbocycles. The molecule has 19 heavy (non-hydrogen) atoms. The van der Waals surface area contributed by atoms with E-state index in [1.165, 1.54) is 44.9 Å². The van der Waals surface area contributed by atoms with Gasteiger partial charge in [-0.05, 0) is 6.42 Å². The molecule has 0 aliphatic rings. The summed E-state index contributed by atoms with van der Waals surface area (Å²) in [7, 11) is 0. The number of hydrogen-bond acceptors (Lipinski definition) is 2. The Morgan fingerprint density at radius 3 is 2.32 bits per heavy atom. The van der Waals surface area contributed by atoms with E-state index in [0.29, 0.717) is 6.42 Å². The molecule has 1 rings (SSSR count). The van der Waals surface area contributed by atoms with Crippen molar-refractivity contribution in [1.29, 1.82) is 0 Å². The van der Waals surface area contributed by atoms with Gasteiger partial charge in [0.2, 0.25) is 0 Å². The first-order valence-corrected chi connectivity index (χ1v) is 7.83. The molecule has 0 unspecified atom stereocenters. The van der Waals surface area contributed by atoms with Gasteiger partial charge in [0, 0.05) is 19.2 Å². The molecule has 0 bridgehead atoms. The van der Waals surface area contributed by atoms with Crippen molar-refractivity contribution in [3.63, 3.8) is 0 Å². The average Bonchev–Trinajstić information content (AvgIpc) is 2.89. The minimum absolute atomic E-state index is 0.183. The Kier molecular flexibility index (Phi) is 8.19. The van der Waals surface area contributed by atoms with Crippen LogP contribution in [0, 0.1) is 0 Å². The van der Waals surface area contributed by atoms with Crippen LogP contribution in [0.1, 0.15) is 82.0 Å². The summed E-state index contributed by atoms with van der Waals surface area (Å²) in [5, 5.41) is 4.24. The molecule has 0 amide bonds. The minimum Gasteiger partial charge on any atom is -0.294 e. The Labute approximate surface area is 117 Å². The molecule has 0 N–H and O–H groups in total. The zero-order valence-electron chi connectivity index (χ0n) is 12.5. The van der Waals surface area contributed by atoms with E-state index >= 15 is 0 Å². The highest BCUT2D eigenvalue weighted by Crippen LogP contribution is 2.09. The zero-order valence-corrected chi connectivity index (χ0v) is 12.5. The number of hydrogen-bond donors (Lipinski definition) is 0. The summed E-state index contributed by atoms with van der Waals surface area (Å²) in [5.41, 5.74) is 0.752. The van der Waals surface area contributed by atoms with E-state index in [1.807, 2.05) is 17.8 Å². The van der Waals surface area contributed by atoms with Crippen LogP contribution in [0.25, 0.3) is 0 Å². The molecule has 3 heteroatoms. The predicted molar refractivity (Wildman–Crippen MR) is 79.5 cm³/mol. The number of carbonyl (C=O) groups excluding carboxylic acids is 1. The number of nitrogens with zero attached hydrogens (tertiary/aromatic N) is 2. The number of ketones is 1. The van der Waals surface area contributed by atoms with Gasteiger partial charge in [0.05, 0.1) is 11.8 Å². The van der Waals surface area contributed by atoms with Gasteiger partial charge < -0.3 is 0 Å². The first-order valence-electron chi connectivity index (χ1n) is 7.83. The summed E-state index contributed by atoms with van der Waals surface area (Å²) in [6.07, 6.45) is 14.7. The standard InChI is InChI=1S/C16H28N2O/c1-3-5-6-7-8-9-10-11-12-18-14-15(13-17-18)16(19)4-2/h13-14H,3-12H2,1-2H3. The van der Waals surface area contributed by atoms with E-state index in [9.17, 15) is 4.79 Å². The maximum atomic E-state index is 11.5. The van der Waals surface area contributed by atoms with Crippen molar-refractivity contribution < 1.29 is 4.79 Å². The van der Waals surface area contributed by atoms with Crippen LogP contribution in [0.4, 0.5) is 0 Å². The lowest BCUT2D eigenvalue weighted by Crippen LogP contribution is -1.99. The van der Waals surface area contributed by atoms with Gasteiger partial charge in [-0.2, -0.15) is 5.10 Å². The Hall–Kier alpha value is -1.12. The molecule has 0 fully saturated rings. The van der Waals surface area contributed by atoms with Gasteiger partial charge in [-0.25, -0.2) is 0 Å². The van der Waals surface area contributed by atoms with Crippen LogP contribution in [0.3, 0.4) is 0 Å². The van der Waals surface area contributed by atoms with Crippen molar-refractivity contribution >= 4 is 5.78 Å². The van der Waals surface area contributed by atoms with E-state index in [4.69, 9.17) is 0 Å². The fraction of sp³-hybridized carbons (Fsp3) is 0.750. The van der Waals surface area contributed by atoms with Gasteiger partial charge in [0.1, 0.15) is 0 Å². The van der Waals surface area contributed by atoms with E-state index in [0.717, 1.165) is 18.5 Å². The summed E-state index contributed by atoms with van der Waals surface area (Å²) < 4.78 is 1.90. The first-order chi connectivity index (χ1) is 9.27. The van der Waals surface area contributed by atoms with E-state index in [2.05, 4.69) is 12.0 Å². The topological polar surface area (TPSA) is 34.9 Å². The number of Topliss-reactive ketones (excluding diaryl/α,β-unsaturated/α-hetero) is 1. The lowest BCUT2D eigenvalue weighted by molar-refractivity contribution is 0.0988. The molecule has 0 aliphatic heterocycles. The number of aromatic nitrogens is 2. The third kappa shape index (κ3) is 6.55. The average molecular weight is 264 g/mol. The van der Waals surface area contributed by atoms with Crippen molar-refractivity contribution in [3.05, 3.63) is 18.0 Å². The van der Waals surface area contributed by atoms with Crippen molar-refractivity contribution in [1.82, 2.24) is 9.78 Å².